The molecule has 100 valence electrons. The molecular formula is C12H20N4O2. The Labute approximate surface area is 107 Å². The Hall–Kier alpha value is -1.66. The molecule has 0 spiro atoms. The maximum Gasteiger partial charge on any atom is 0.140 e. The number of hydrogen-bond acceptors (Lipinski definition) is 5. The Morgan fingerprint density at radius 3 is 2.94 bits per heavy atom. The fraction of sp³-hybridized carbons (Fsp3) is 0.500. The molecule has 1 aromatic rings. The standard InChI is InChI=1S/C12H20N4O2/c1-18-9-8-16(7-5-12(13)15-17)10-11-4-2-3-6-14-11/h2-4,6,17H,5,7-10H2,1H3,(H2,13,15). The highest BCUT2D eigenvalue weighted by atomic mass is 16.5. The summed E-state index contributed by atoms with van der Waals surface area (Å²) in [7, 11) is 1.67. The lowest BCUT2D eigenvalue weighted by atomic mass is 10.3. The fourth-order valence-electron chi connectivity index (χ4n) is 1.53. The molecule has 0 fully saturated rings. The third-order valence-electron chi connectivity index (χ3n) is 2.54. The number of oxime groups is 1. The Morgan fingerprint density at radius 1 is 1.50 bits per heavy atom. The molecule has 0 unspecified atom stereocenters. The average Bonchev–Trinajstić information content (AvgIpc) is 2.42. The quantitative estimate of drug-likeness (QED) is 0.307. The minimum atomic E-state index is 0.235. The fourth-order valence-corrected chi connectivity index (χ4v) is 1.53. The summed E-state index contributed by atoms with van der Waals surface area (Å²) in [5, 5.41) is 11.5. The summed E-state index contributed by atoms with van der Waals surface area (Å²) < 4.78 is 5.07. The molecule has 1 heterocycles. The van der Waals surface area contributed by atoms with E-state index in [1.165, 1.54) is 0 Å². The molecule has 0 bridgehead atoms. The van der Waals surface area contributed by atoms with Gasteiger partial charge in [-0.3, -0.25) is 9.88 Å². The van der Waals surface area contributed by atoms with Crippen LogP contribution in [-0.4, -0.2) is 47.7 Å². The van der Waals surface area contributed by atoms with Crippen molar-refractivity contribution < 1.29 is 9.94 Å². The van der Waals surface area contributed by atoms with Gasteiger partial charge in [0.25, 0.3) is 0 Å². The third-order valence-corrected chi connectivity index (χ3v) is 2.54. The second kappa shape index (κ2) is 8.43. The van der Waals surface area contributed by atoms with Crippen molar-refractivity contribution in [2.45, 2.75) is 13.0 Å². The average molecular weight is 252 g/mol. The highest BCUT2D eigenvalue weighted by Crippen LogP contribution is 2.02. The maximum absolute atomic E-state index is 8.52. The minimum absolute atomic E-state index is 0.235. The molecule has 0 aromatic carbocycles. The first-order valence-electron chi connectivity index (χ1n) is 5.84. The number of nitrogens with two attached hydrogens (primary N) is 1. The van der Waals surface area contributed by atoms with Gasteiger partial charge >= 0.3 is 0 Å². The summed E-state index contributed by atoms with van der Waals surface area (Å²) >= 11 is 0. The predicted molar refractivity (Wildman–Crippen MR) is 69.4 cm³/mol. The van der Waals surface area contributed by atoms with Crippen LogP contribution in [0, 0.1) is 0 Å². The van der Waals surface area contributed by atoms with Crippen LogP contribution in [0.3, 0.4) is 0 Å². The molecule has 0 radical (unpaired) electrons. The van der Waals surface area contributed by atoms with Crippen LogP contribution in [0.4, 0.5) is 0 Å². The summed E-state index contributed by atoms with van der Waals surface area (Å²) in [5.41, 5.74) is 6.46. The Morgan fingerprint density at radius 2 is 2.33 bits per heavy atom. The van der Waals surface area contributed by atoms with Crippen LogP contribution in [0.2, 0.25) is 0 Å². The van der Waals surface area contributed by atoms with Crippen LogP contribution < -0.4 is 5.73 Å². The minimum Gasteiger partial charge on any atom is -0.409 e. The summed E-state index contributed by atoms with van der Waals surface area (Å²) in [6.45, 7) is 2.85. The second-order valence-electron chi connectivity index (χ2n) is 3.93. The van der Waals surface area contributed by atoms with Crippen molar-refractivity contribution in [3.63, 3.8) is 0 Å². The molecule has 6 nitrogen and oxygen atoms in total. The van der Waals surface area contributed by atoms with Crippen LogP contribution in [0.25, 0.3) is 0 Å². The van der Waals surface area contributed by atoms with E-state index in [9.17, 15) is 0 Å². The third kappa shape index (κ3) is 5.60. The van der Waals surface area contributed by atoms with Gasteiger partial charge in [-0.1, -0.05) is 11.2 Å². The number of methoxy groups -OCH3 is 1. The van der Waals surface area contributed by atoms with Crippen molar-refractivity contribution in [1.29, 1.82) is 0 Å². The van der Waals surface area contributed by atoms with Crippen LogP contribution in [0.15, 0.2) is 29.6 Å². The molecule has 0 saturated heterocycles. The lowest BCUT2D eigenvalue weighted by Gasteiger charge is -2.21. The van der Waals surface area contributed by atoms with Gasteiger partial charge in [0.1, 0.15) is 5.84 Å². The zero-order valence-electron chi connectivity index (χ0n) is 10.6. The SMILES string of the molecule is COCCN(CCC(N)=NO)Cc1ccccn1. The van der Waals surface area contributed by atoms with Crippen LogP contribution in [0.1, 0.15) is 12.1 Å². The molecule has 0 amide bonds. The van der Waals surface area contributed by atoms with E-state index < -0.39 is 0 Å². The van der Waals surface area contributed by atoms with Gasteiger partial charge in [-0.2, -0.15) is 0 Å². The Balaban J connectivity index is 2.49. The van der Waals surface area contributed by atoms with Gasteiger partial charge in [0.05, 0.1) is 12.3 Å². The van der Waals surface area contributed by atoms with E-state index in [1.807, 2.05) is 18.2 Å². The maximum atomic E-state index is 8.52. The molecule has 0 aliphatic heterocycles. The van der Waals surface area contributed by atoms with E-state index in [-0.39, 0.29) is 5.84 Å². The van der Waals surface area contributed by atoms with Crippen molar-refractivity contribution in [1.82, 2.24) is 9.88 Å². The first-order chi connectivity index (χ1) is 8.76. The Kier molecular flexibility index (Phi) is 6.75. The number of amidine groups is 1. The molecule has 0 aliphatic carbocycles. The summed E-state index contributed by atoms with van der Waals surface area (Å²) in [5.74, 6) is 0.235. The van der Waals surface area contributed by atoms with Gasteiger partial charge in [-0.05, 0) is 12.1 Å². The van der Waals surface area contributed by atoms with Gasteiger partial charge in [-0.25, -0.2) is 0 Å². The van der Waals surface area contributed by atoms with Gasteiger partial charge in [0.2, 0.25) is 0 Å². The van der Waals surface area contributed by atoms with Crippen molar-refractivity contribution in [2.75, 3.05) is 26.8 Å². The van der Waals surface area contributed by atoms with E-state index in [1.54, 1.807) is 13.3 Å². The molecule has 0 atom stereocenters. The summed E-state index contributed by atoms with van der Waals surface area (Å²) in [6.07, 6.45) is 2.29. The van der Waals surface area contributed by atoms with E-state index >= 15 is 0 Å². The predicted octanol–water partition coefficient (Wildman–Crippen LogP) is 0.667. The molecular weight excluding hydrogens is 232 g/mol. The van der Waals surface area contributed by atoms with Crippen molar-refractivity contribution in [3.8, 4) is 0 Å². The zero-order valence-corrected chi connectivity index (χ0v) is 10.6. The van der Waals surface area contributed by atoms with Crippen molar-refractivity contribution in [2.24, 2.45) is 10.9 Å². The van der Waals surface area contributed by atoms with Gasteiger partial charge in [0.15, 0.2) is 0 Å². The van der Waals surface area contributed by atoms with Crippen LogP contribution in [0.5, 0.6) is 0 Å². The molecule has 3 N–H and O–H groups in total. The number of hydrogen-bond donors (Lipinski definition) is 2. The first-order valence-corrected chi connectivity index (χ1v) is 5.84. The van der Waals surface area contributed by atoms with Crippen molar-refractivity contribution in [3.05, 3.63) is 30.1 Å². The van der Waals surface area contributed by atoms with Crippen LogP contribution in [-0.2, 0) is 11.3 Å². The largest absolute Gasteiger partial charge is 0.409 e. The van der Waals surface area contributed by atoms with E-state index in [2.05, 4.69) is 15.0 Å². The van der Waals surface area contributed by atoms with Crippen molar-refractivity contribution >= 4 is 5.84 Å². The molecule has 1 aromatic heterocycles. The monoisotopic (exact) mass is 252 g/mol. The molecule has 6 heteroatoms. The Bertz CT molecular complexity index is 356. The number of rotatable bonds is 8. The lowest BCUT2D eigenvalue weighted by molar-refractivity contribution is 0.145. The lowest BCUT2D eigenvalue weighted by Crippen LogP contribution is -2.31. The zero-order chi connectivity index (χ0) is 13.2. The number of pyridine rings is 1. The highest BCUT2D eigenvalue weighted by molar-refractivity contribution is 5.79. The summed E-state index contributed by atoms with van der Waals surface area (Å²) in [6, 6.07) is 5.82. The van der Waals surface area contributed by atoms with Gasteiger partial charge in [-0.15, -0.1) is 0 Å². The number of aromatic nitrogens is 1. The molecule has 18 heavy (non-hydrogen) atoms. The first kappa shape index (κ1) is 14.4. The molecule has 1 rings (SSSR count). The molecule has 0 aliphatic rings. The van der Waals surface area contributed by atoms with Crippen LogP contribution >= 0.6 is 0 Å². The molecule has 0 saturated carbocycles. The van der Waals surface area contributed by atoms with E-state index in [0.717, 1.165) is 18.8 Å². The van der Waals surface area contributed by atoms with Gasteiger partial charge < -0.3 is 15.7 Å². The number of nitrogens with zero attached hydrogens (tertiary/aromatic N) is 3. The van der Waals surface area contributed by atoms with E-state index in [4.69, 9.17) is 15.7 Å². The topological polar surface area (TPSA) is 84.0 Å². The summed E-state index contributed by atoms with van der Waals surface area (Å²) in [4.78, 5) is 6.44. The van der Waals surface area contributed by atoms with E-state index in [0.29, 0.717) is 19.6 Å². The number of ether oxygens (including phenoxy) is 1. The second-order valence-corrected chi connectivity index (χ2v) is 3.93. The smallest absolute Gasteiger partial charge is 0.140 e. The van der Waals surface area contributed by atoms with Gasteiger partial charge in [0, 0.05) is 39.4 Å². The normalized spacial score (nSPS) is 12.0. The highest BCUT2D eigenvalue weighted by Gasteiger charge is 2.07.